The van der Waals surface area contributed by atoms with Gasteiger partial charge in [0.25, 0.3) is 0 Å². The molecule has 0 saturated heterocycles. The van der Waals surface area contributed by atoms with E-state index in [9.17, 15) is 0 Å². The number of aromatic nitrogens is 1. The molecule has 0 saturated carbocycles. The summed E-state index contributed by atoms with van der Waals surface area (Å²) in [6, 6.07) is 0. The molecule has 1 heterocycles. The predicted molar refractivity (Wildman–Crippen MR) is 62.8 cm³/mol. The van der Waals surface area contributed by atoms with Crippen LogP contribution in [0.15, 0.2) is 10.9 Å². The standard InChI is InChI=1S/C11H20N2S/c1-4-5-11(2,8-12-3)6-10-7-14-9-13-10/h7,9,12H,4-6,8H2,1-3H3. The van der Waals surface area contributed by atoms with Crippen LogP contribution in [0.25, 0.3) is 0 Å². The Labute approximate surface area is 90.8 Å². The van der Waals surface area contributed by atoms with Gasteiger partial charge >= 0.3 is 0 Å². The molecule has 0 aliphatic heterocycles. The van der Waals surface area contributed by atoms with Crippen LogP contribution in [-0.2, 0) is 6.42 Å². The van der Waals surface area contributed by atoms with Gasteiger partial charge in [0.15, 0.2) is 0 Å². The average Bonchev–Trinajstić information content (AvgIpc) is 2.57. The molecule has 2 nitrogen and oxygen atoms in total. The van der Waals surface area contributed by atoms with Crippen LogP contribution in [0.3, 0.4) is 0 Å². The molecule has 0 spiro atoms. The fourth-order valence-electron chi connectivity index (χ4n) is 2.03. The van der Waals surface area contributed by atoms with Crippen LogP contribution in [0.1, 0.15) is 32.4 Å². The maximum absolute atomic E-state index is 4.36. The minimum atomic E-state index is 0.359. The van der Waals surface area contributed by atoms with E-state index in [4.69, 9.17) is 0 Å². The minimum absolute atomic E-state index is 0.359. The molecule has 0 fully saturated rings. The van der Waals surface area contributed by atoms with Crippen molar-refractivity contribution in [3.63, 3.8) is 0 Å². The van der Waals surface area contributed by atoms with Gasteiger partial charge in [0.1, 0.15) is 0 Å². The van der Waals surface area contributed by atoms with Crippen LogP contribution in [0.2, 0.25) is 0 Å². The van der Waals surface area contributed by atoms with E-state index in [0.717, 1.165) is 13.0 Å². The number of nitrogens with zero attached hydrogens (tertiary/aromatic N) is 1. The van der Waals surface area contributed by atoms with E-state index in [1.54, 1.807) is 11.3 Å². The molecule has 0 aliphatic rings. The van der Waals surface area contributed by atoms with E-state index in [1.807, 2.05) is 12.6 Å². The van der Waals surface area contributed by atoms with Gasteiger partial charge in [-0.25, -0.2) is 4.98 Å². The van der Waals surface area contributed by atoms with Crippen molar-refractivity contribution >= 4 is 11.3 Å². The second-order valence-corrected chi connectivity index (χ2v) is 4.97. The van der Waals surface area contributed by atoms with E-state index < -0.39 is 0 Å². The highest BCUT2D eigenvalue weighted by molar-refractivity contribution is 7.07. The van der Waals surface area contributed by atoms with Crippen LogP contribution in [-0.4, -0.2) is 18.6 Å². The van der Waals surface area contributed by atoms with Crippen LogP contribution < -0.4 is 5.32 Å². The first kappa shape index (κ1) is 11.7. The Morgan fingerprint density at radius 2 is 2.36 bits per heavy atom. The van der Waals surface area contributed by atoms with Crippen molar-refractivity contribution in [2.45, 2.75) is 33.1 Å². The van der Waals surface area contributed by atoms with Gasteiger partial charge in [0, 0.05) is 11.9 Å². The highest BCUT2D eigenvalue weighted by atomic mass is 32.1. The summed E-state index contributed by atoms with van der Waals surface area (Å²) >= 11 is 1.68. The number of hydrogen-bond acceptors (Lipinski definition) is 3. The lowest BCUT2D eigenvalue weighted by molar-refractivity contribution is 0.280. The Morgan fingerprint density at radius 3 is 2.86 bits per heavy atom. The Morgan fingerprint density at radius 1 is 1.57 bits per heavy atom. The van der Waals surface area contributed by atoms with E-state index in [2.05, 4.69) is 29.5 Å². The molecule has 0 radical (unpaired) electrons. The molecule has 80 valence electrons. The zero-order chi connectivity index (χ0) is 10.4. The first-order valence-corrected chi connectivity index (χ1v) is 6.16. The van der Waals surface area contributed by atoms with Crippen molar-refractivity contribution in [2.24, 2.45) is 5.41 Å². The normalized spacial score (nSPS) is 15.4. The van der Waals surface area contributed by atoms with Crippen LogP contribution in [0.5, 0.6) is 0 Å². The van der Waals surface area contributed by atoms with Gasteiger partial charge in [-0.15, -0.1) is 11.3 Å². The third kappa shape index (κ3) is 3.39. The Kier molecular flexibility index (Phi) is 4.55. The highest BCUT2D eigenvalue weighted by Gasteiger charge is 2.23. The van der Waals surface area contributed by atoms with Crippen molar-refractivity contribution in [1.82, 2.24) is 10.3 Å². The van der Waals surface area contributed by atoms with E-state index >= 15 is 0 Å². The molecule has 0 aromatic carbocycles. The number of hydrogen-bond donors (Lipinski definition) is 1. The smallest absolute Gasteiger partial charge is 0.0794 e. The fourth-order valence-corrected chi connectivity index (χ4v) is 2.59. The van der Waals surface area contributed by atoms with Crippen molar-refractivity contribution in [2.75, 3.05) is 13.6 Å². The van der Waals surface area contributed by atoms with Crippen LogP contribution in [0, 0.1) is 5.41 Å². The topological polar surface area (TPSA) is 24.9 Å². The predicted octanol–water partition coefficient (Wildman–Crippen LogP) is 2.71. The van der Waals surface area contributed by atoms with Gasteiger partial charge in [-0.1, -0.05) is 20.3 Å². The molecule has 1 N–H and O–H groups in total. The van der Waals surface area contributed by atoms with Gasteiger partial charge in [-0.3, -0.25) is 0 Å². The summed E-state index contributed by atoms with van der Waals surface area (Å²) in [7, 11) is 2.02. The monoisotopic (exact) mass is 212 g/mol. The van der Waals surface area contributed by atoms with Crippen LogP contribution >= 0.6 is 11.3 Å². The Balaban J connectivity index is 2.58. The summed E-state index contributed by atoms with van der Waals surface area (Å²) in [6.45, 7) is 5.65. The first-order chi connectivity index (χ1) is 6.70. The molecular formula is C11H20N2S. The largest absolute Gasteiger partial charge is 0.319 e. The summed E-state index contributed by atoms with van der Waals surface area (Å²) in [6.07, 6.45) is 3.58. The number of rotatable bonds is 6. The molecule has 0 bridgehead atoms. The van der Waals surface area contributed by atoms with Crippen molar-refractivity contribution in [3.8, 4) is 0 Å². The molecule has 1 atom stereocenters. The van der Waals surface area contributed by atoms with Gasteiger partial charge in [-0.2, -0.15) is 0 Å². The van der Waals surface area contributed by atoms with Crippen LogP contribution in [0.4, 0.5) is 0 Å². The van der Waals surface area contributed by atoms with Gasteiger partial charge in [0.05, 0.1) is 11.2 Å². The summed E-state index contributed by atoms with van der Waals surface area (Å²) in [4.78, 5) is 4.36. The lowest BCUT2D eigenvalue weighted by Gasteiger charge is -2.28. The van der Waals surface area contributed by atoms with E-state index in [1.165, 1.54) is 18.5 Å². The van der Waals surface area contributed by atoms with Crippen molar-refractivity contribution < 1.29 is 0 Å². The summed E-state index contributed by atoms with van der Waals surface area (Å²) in [5.74, 6) is 0. The molecule has 3 heteroatoms. The number of nitrogens with one attached hydrogen (secondary N) is 1. The zero-order valence-corrected chi connectivity index (χ0v) is 10.2. The molecule has 1 aromatic rings. The number of thiazole rings is 1. The van der Waals surface area contributed by atoms with Gasteiger partial charge < -0.3 is 5.32 Å². The first-order valence-electron chi connectivity index (χ1n) is 5.22. The zero-order valence-electron chi connectivity index (χ0n) is 9.34. The fraction of sp³-hybridized carbons (Fsp3) is 0.727. The van der Waals surface area contributed by atoms with Crippen molar-refractivity contribution in [3.05, 3.63) is 16.6 Å². The second kappa shape index (κ2) is 5.47. The summed E-state index contributed by atoms with van der Waals surface area (Å²) in [5.41, 5.74) is 3.51. The van der Waals surface area contributed by atoms with E-state index in [0.29, 0.717) is 5.41 Å². The average molecular weight is 212 g/mol. The molecule has 1 aromatic heterocycles. The summed E-state index contributed by atoms with van der Waals surface area (Å²) in [5, 5.41) is 5.44. The lowest BCUT2D eigenvalue weighted by Crippen LogP contribution is -2.31. The lowest BCUT2D eigenvalue weighted by atomic mass is 9.81. The maximum atomic E-state index is 4.36. The molecule has 0 aliphatic carbocycles. The second-order valence-electron chi connectivity index (χ2n) is 4.25. The molecule has 0 amide bonds. The van der Waals surface area contributed by atoms with E-state index in [-0.39, 0.29) is 0 Å². The summed E-state index contributed by atoms with van der Waals surface area (Å²) < 4.78 is 0. The quantitative estimate of drug-likeness (QED) is 0.784. The maximum Gasteiger partial charge on any atom is 0.0794 e. The molecular weight excluding hydrogens is 192 g/mol. The van der Waals surface area contributed by atoms with Gasteiger partial charge in [-0.05, 0) is 25.3 Å². The molecule has 1 rings (SSSR count). The highest BCUT2D eigenvalue weighted by Crippen LogP contribution is 2.27. The SMILES string of the molecule is CCCC(C)(CNC)Cc1cscn1. The Bertz CT molecular complexity index is 238. The van der Waals surface area contributed by atoms with Gasteiger partial charge in [0.2, 0.25) is 0 Å². The molecule has 1 unspecified atom stereocenters. The minimum Gasteiger partial charge on any atom is -0.319 e. The Hall–Kier alpha value is -0.410. The molecule has 14 heavy (non-hydrogen) atoms. The third-order valence-corrected chi connectivity index (χ3v) is 3.18. The van der Waals surface area contributed by atoms with Crippen molar-refractivity contribution in [1.29, 1.82) is 0 Å². The third-order valence-electron chi connectivity index (χ3n) is 2.55.